The van der Waals surface area contributed by atoms with Crippen LogP contribution in [-0.4, -0.2) is 26.6 Å². The molecule has 1 aliphatic rings. The van der Waals surface area contributed by atoms with Crippen molar-refractivity contribution in [3.05, 3.63) is 35.4 Å². The predicted octanol–water partition coefficient (Wildman–Crippen LogP) is 2.02. The van der Waals surface area contributed by atoms with Gasteiger partial charge in [0, 0.05) is 12.5 Å². The molecular weight excluding hydrogens is 202 g/mol. The van der Waals surface area contributed by atoms with Crippen LogP contribution in [0, 0.1) is 6.92 Å². The number of rotatable bonds is 4. The Morgan fingerprint density at radius 1 is 1.31 bits per heavy atom. The Hall–Kier alpha value is -0.900. The smallest absolute Gasteiger partial charge is 0.159 e. The van der Waals surface area contributed by atoms with Crippen molar-refractivity contribution >= 4 is 0 Å². The molecule has 0 aromatic heterocycles. The lowest BCUT2D eigenvalue weighted by Gasteiger charge is -2.21. The lowest BCUT2D eigenvalue weighted by molar-refractivity contribution is -0.0526. The standard InChI is InChI=1S/C13H19NO2/c1-10-5-3-4-6-11(10)12(14-2)9-13-15-7-8-16-13/h3-6,12-14H,7-9H2,1-2H3. The Morgan fingerprint density at radius 2 is 2.00 bits per heavy atom. The minimum atomic E-state index is -0.0583. The summed E-state index contributed by atoms with van der Waals surface area (Å²) in [5.74, 6) is 0. The van der Waals surface area contributed by atoms with Crippen molar-refractivity contribution < 1.29 is 9.47 Å². The van der Waals surface area contributed by atoms with Crippen molar-refractivity contribution in [3.8, 4) is 0 Å². The normalized spacial score (nSPS) is 18.9. The van der Waals surface area contributed by atoms with Gasteiger partial charge in [-0.25, -0.2) is 0 Å². The van der Waals surface area contributed by atoms with E-state index >= 15 is 0 Å². The molecular formula is C13H19NO2. The molecule has 3 heteroatoms. The first-order valence-corrected chi connectivity index (χ1v) is 5.77. The SMILES string of the molecule is CNC(CC1OCCO1)c1ccccc1C. The van der Waals surface area contributed by atoms with Gasteiger partial charge in [0.1, 0.15) is 0 Å². The fourth-order valence-corrected chi connectivity index (χ4v) is 2.11. The molecule has 1 aromatic carbocycles. The number of nitrogens with one attached hydrogen (secondary N) is 1. The molecule has 0 spiro atoms. The van der Waals surface area contributed by atoms with Gasteiger partial charge in [-0.3, -0.25) is 0 Å². The molecule has 1 saturated heterocycles. The number of hydrogen-bond donors (Lipinski definition) is 1. The van der Waals surface area contributed by atoms with Crippen LogP contribution in [0.2, 0.25) is 0 Å². The highest BCUT2D eigenvalue weighted by Crippen LogP contribution is 2.24. The minimum absolute atomic E-state index is 0.0583. The van der Waals surface area contributed by atoms with Gasteiger partial charge >= 0.3 is 0 Å². The predicted molar refractivity (Wildman–Crippen MR) is 63.3 cm³/mol. The highest BCUT2D eigenvalue weighted by Gasteiger charge is 2.22. The first kappa shape index (κ1) is 11.6. The van der Waals surface area contributed by atoms with Crippen LogP contribution < -0.4 is 5.32 Å². The van der Waals surface area contributed by atoms with Crippen molar-refractivity contribution in [1.29, 1.82) is 0 Å². The van der Waals surface area contributed by atoms with Gasteiger partial charge in [-0.2, -0.15) is 0 Å². The van der Waals surface area contributed by atoms with Crippen LogP contribution in [0.15, 0.2) is 24.3 Å². The van der Waals surface area contributed by atoms with E-state index in [1.54, 1.807) is 0 Å². The molecule has 0 aliphatic carbocycles. The molecule has 88 valence electrons. The summed E-state index contributed by atoms with van der Waals surface area (Å²) < 4.78 is 11.0. The molecule has 0 radical (unpaired) electrons. The van der Waals surface area contributed by atoms with Gasteiger partial charge < -0.3 is 14.8 Å². The first-order chi connectivity index (χ1) is 7.81. The maximum atomic E-state index is 5.48. The largest absolute Gasteiger partial charge is 0.350 e. The highest BCUT2D eigenvalue weighted by molar-refractivity contribution is 5.28. The summed E-state index contributed by atoms with van der Waals surface area (Å²) in [5, 5.41) is 3.33. The fourth-order valence-electron chi connectivity index (χ4n) is 2.11. The third kappa shape index (κ3) is 2.61. The van der Waals surface area contributed by atoms with Crippen molar-refractivity contribution in [2.75, 3.05) is 20.3 Å². The number of hydrogen-bond acceptors (Lipinski definition) is 3. The Kier molecular flexibility index (Phi) is 3.93. The number of aryl methyl sites for hydroxylation is 1. The van der Waals surface area contributed by atoms with Gasteiger partial charge in [0.2, 0.25) is 0 Å². The average molecular weight is 221 g/mol. The summed E-state index contributed by atoms with van der Waals surface area (Å²) in [6, 6.07) is 8.72. The van der Waals surface area contributed by atoms with Gasteiger partial charge in [-0.05, 0) is 25.1 Å². The van der Waals surface area contributed by atoms with Gasteiger partial charge in [0.15, 0.2) is 6.29 Å². The molecule has 1 atom stereocenters. The van der Waals surface area contributed by atoms with Crippen molar-refractivity contribution in [2.24, 2.45) is 0 Å². The number of ether oxygens (including phenoxy) is 2. The maximum absolute atomic E-state index is 5.48. The van der Waals surface area contributed by atoms with E-state index in [0.717, 1.165) is 19.6 Å². The third-order valence-corrected chi connectivity index (χ3v) is 3.03. The molecule has 16 heavy (non-hydrogen) atoms. The van der Waals surface area contributed by atoms with E-state index in [-0.39, 0.29) is 6.29 Å². The summed E-state index contributed by atoms with van der Waals surface area (Å²) in [5.41, 5.74) is 2.63. The van der Waals surface area contributed by atoms with E-state index in [1.807, 2.05) is 7.05 Å². The zero-order chi connectivity index (χ0) is 11.4. The fraction of sp³-hybridized carbons (Fsp3) is 0.538. The molecule has 1 aromatic rings. The Bertz CT molecular complexity index is 334. The number of benzene rings is 1. The van der Waals surface area contributed by atoms with Crippen LogP contribution in [0.4, 0.5) is 0 Å². The Balaban J connectivity index is 2.06. The average Bonchev–Trinajstić information content (AvgIpc) is 2.80. The topological polar surface area (TPSA) is 30.5 Å². The molecule has 1 fully saturated rings. The summed E-state index contributed by atoms with van der Waals surface area (Å²) in [7, 11) is 1.98. The molecule has 0 bridgehead atoms. The monoisotopic (exact) mass is 221 g/mol. The van der Waals surface area contributed by atoms with E-state index in [9.17, 15) is 0 Å². The first-order valence-electron chi connectivity index (χ1n) is 5.77. The van der Waals surface area contributed by atoms with Gasteiger partial charge in [-0.1, -0.05) is 24.3 Å². The van der Waals surface area contributed by atoms with Gasteiger partial charge in [0.25, 0.3) is 0 Å². The lowest BCUT2D eigenvalue weighted by atomic mass is 9.99. The zero-order valence-corrected chi connectivity index (χ0v) is 9.90. The maximum Gasteiger partial charge on any atom is 0.159 e. The summed E-state index contributed by atoms with van der Waals surface area (Å²) >= 11 is 0. The van der Waals surface area contributed by atoms with E-state index in [2.05, 4.69) is 36.5 Å². The van der Waals surface area contributed by atoms with Crippen molar-refractivity contribution in [1.82, 2.24) is 5.32 Å². The second-order valence-electron chi connectivity index (χ2n) is 4.10. The molecule has 2 rings (SSSR count). The molecule has 1 aliphatic heterocycles. The van der Waals surface area contributed by atoms with Crippen LogP contribution >= 0.6 is 0 Å². The van der Waals surface area contributed by atoms with E-state index in [4.69, 9.17) is 9.47 Å². The van der Waals surface area contributed by atoms with Crippen LogP contribution in [0.3, 0.4) is 0 Å². The molecule has 0 saturated carbocycles. The second-order valence-corrected chi connectivity index (χ2v) is 4.10. The summed E-state index contributed by atoms with van der Waals surface area (Å²) in [4.78, 5) is 0. The van der Waals surface area contributed by atoms with Gasteiger partial charge in [0.05, 0.1) is 13.2 Å². The molecule has 1 heterocycles. The third-order valence-electron chi connectivity index (χ3n) is 3.03. The molecule has 1 N–H and O–H groups in total. The summed E-state index contributed by atoms with van der Waals surface area (Å²) in [6.07, 6.45) is 0.804. The van der Waals surface area contributed by atoms with Crippen molar-refractivity contribution in [2.45, 2.75) is 25.7 Å². The summed E-state index contributed by atoms with van der Waals surface area (Å²) in [6.45, 7) is 3.57. The molecule has 1 unspecified atom stereocenters. The van der Waals surface area contributed by atoms with Crippen LogP contribution in [0.5, 0.6) is 0 Å². The lowest BCUT2D eigenvalue weighted by Crippen LogP contribution is -2.23. The quantitative estimate of drug-likeness (QED) is 0.843. The molecule has 0 amide bonds. The van der Waals surface area contributed by atoms with Crippen LogP contribution in [-0.2, 0) is 9.47 Å². The van der Waals surface area contributed by atoms with Crippen molar-refractivity contribution in [3.63, 3.8) is 0 Å². The zero-order valence-electron chi connectivity index (χ0n) is 9.90. The molecule has 3 nitrogen and oxygen atoms in total. The second kappa shape index (κ2) is 5.43. The highest BCUT2D eigenvalue weighted by atomic mass is 16.7. The van der Waals surface area contributed by atoms with E-state index < -0.39 is 0 Å². The van der Waals surface area contributed by atoms with Crippen LogP contribution in [0.1, 0.15) is 23.6 Å². The van der Waals surface area contributed by atoms with E-state index in [1.165, 1.54) is 11.1 Å². The van der Waals surface area contributed by atoms with Crippen LogP contribution in [0.25, 0.3) is 0 Å². The van der Waals surface area contributed by atoms with Gasteiger partial charge in [-0.15, -0.1) is 0 Å². The Morgan fingerprint density at radius 3 is 2.62 bits per heavy atom. The Labute approximate surface area is 96.8 Å². The van der Waals surface area contributed by atoms with E-state index in [0.29, 0.717) is 6.04 Å². The minimum Gasteiger partial charge on any atom is -0.350 e.